The Balaban J connectivity index is 2.04. The molecular formula is C14H13BrN2O. The summed E-state index contributed by atoms with van der Waals surface area (Å²) in [6.07, 6.45) is 0. The van der Waals surface area contributed by atoms with Crippen molar-refractivity contribution in [2.45, 2.75) is 6.54 Å². The molecule has 0 radical (unpaired) electrons. The van der Waals surface area contributed by atoms with Crippen LogP contribution in [0.2, 0.25) is 0 Å². The second kappa shape index (κ2) is 5.69. The van der Waals surface area contributed by atoms with Crippen LogP contribution in [0.5, 0.6) is 0 Å². The standard InChI is InChI=1S/C14H13BrN2O/c15-12-6-11(7-13(16)8-12)14(18)17-9-10-4-2-1-3-5-10/h1-8H,9,16H2,(H,17,18). The maximum atomic E-state index is 11.9. The van der Waals surface area contributed by atoms with Crippen LogP contribution < -0.4 is 11.1 Å². The van der Waals surface area contributed by atoms with Gasteiger partial charge in [-0.25, -0.2) is 0 Å². The zero-order chi connectivity index (χ0) is 13.0. The number of hydrogen-bond acceptors (Lipinski definition) is 2. The second-order valence-electron chi connectivity index (χ2n) is 3.94. The van der Waals surface area contributed by atoms with Crippen LogP contribution in [0.3, 0.4) is 0 Å². The van der Waals surface area contributed by atoms with Crippen molar-refractivity contribution in [3.05, 3.63) is 64.1 Å². The van der Waals surface area contributed by atoms with Gasteiger partial charge >= 0.3 is 0 Å². The third-order valence-corrected chi connectivity index (χ3v) is 2.94. The van der Waals surface area contributed by atoms with Gasteiger partial charge in [-0.2, -0.15) is 0 Å². The highest BCUT2D eigenvalue weighted by Gasteiger charge is 2.06. The van der Waals surface area contributed by atoms with Crippen molar-refractivity contribution in [2.75, 3.05) is 5.73 Å². The molecule has 0 aromatic heterocycles. The number of halogens is 1. The fourth-order valence-corrected chi connectivity index (χ4v) is 2.13. The van der Waals surface area contributed by atoms with Crippen LogP contribution in [0.4, 0.5) is 5.69 Å². The summed E-state index contributed by atoms with van der Waals surface area (Å²) in [7, 11) is 0. The van der Waals surface area contributed by atoms with Crippen LogP contribution in [0.15, 0.2) is 53.0 Å². The fourth-order valence-electron chi connectivity index (χ4n) is 1.62. The Hall–Kier alpha value is -1.81. The van der Waals surface area contributed by atoms with Gasteiger partial charge in [0.2, 0.25) is 0 Å². The lowest BCUT2D eigenvalue weighted by molar-refractivity contribution is 0.0951. The van der Waals surface area contributed by atoms with Gasteiger partial charge in [0, 0.05) is 22.3 Å². The molecule has 2 aromatic rings. The first kappa shape index (κ1) is 12.6. The monoisotopic (exact) mass is 304 g/mol. The highest BCUT2D eigenvalue weighted by molar-refractivity contribution is 9.10. The average Bonchev–Trinajstić information content (AvgIpc) is 2.36. The van der Waals surface area contributed by atoms with Crippen molar-refractivity contribution in [1.29, 1.82) is 0 Å². The number of carbonyl (C=O) groups excluding carboxylic acids is 1. The minimum absolute atomic E-state index is 0.133. The van der Waals surface area contributed by atoms with Gasteiger partial charge in [0.1, 0.15) is 0 Å². The molecule has 0 spiro atoms. The van der Waals surface area contributed by atoms with Gasteiger partial charge < -0.3 is 11.1 Å². The first-order valence-electron chi connectivity index (χ1n) is 5.53. The third kappa shape index (κ3) is 3.34. The van der Waals surface area contributed by atoms with E-state index in [1.54, 1.807) is 18.2 Å². The van der Waals surface area contributed by atoms with Crippen LogP contribution in [0.25, 0.3) is 0 Å². The number of anilines is 1. The van der Waals surface area contributed by atoms with E-state index in [1.807, 2.05) is 30.3 Å². The molecule has 0 unspecified atom stereocenters. The largest absolute Gasteiger partial charge is 0.399 e. The predicted molar refractivity (Wildman–Crippen MR) is 76.2 cm³/mol. The van der Waals surface area contributed by atoms with Crippen LogP contribution in [0.1, 0.15) is 15.9 Å². The van der Waals surface area contributed by atoms with Gasteiger partial charge in [0.25, 0.3) is 5.91 Å². The highest BCUT2D eigenvalue weighted by atomic mass is 79.9. The van der Waals surface area contributed by atoms with E-state index in [4.69, 9.17) is 5.73 Å². The van der Waals surface area contributed by atoms with Crippen LogP contribution in [0, 0.1) is 0 Å². The molecule has 0 saturated carbocycles. The molecule has 0 bridgehead atoms. The molecule has 0 heterocycles. The molecule has 2 rings (SSSR count). The maximum Gasteiger partial charge on any atom is 0.251 e. The number of hydrogen-bond donors (Lipinski definition) is 2. The Morgan fingerprint density at radius 1 is 1.17 bits per heavy atom. The summed E-state index contributed by atoms with van der Waals surface area (Å²) in [5.41, 5.74) is 7.88. The number of amides is 1. The lowest BCUT2D eigenvalue weighted by Gasteiger charge is -2.06. The summed E-state index contributed by atoms with van der Waals surface area (Å²) in [6, 6.07) is 14.9. The summed E-state index contributed by atoms with van der Waals surface area (Å²) in [5.74, 6) is -0.133. The van der Waals surface area contributed by atoms with Gasteiger partial charge in [0.15, 0.2) is 0 Å². The zero-order valence-electron chi connectivity index (χ0n) is 9.69. The maximum absolute atomic E-state index is 11.9. The first-order chi connectivity index (χ1) is 8.65. The van der Waals surface area contributed by atoms with Gasteiger partial charge in [-0.05, 0) is 23.8 Å². The molecule has 0 saturated heterocycles. The number of nitrogen functional groups attached to an aromatic ring is 1. The molecular weight excluding hydrogens is 292 g/mol. The Bertz CT molecular complexity index is 535. The number of benzene rings is 2. The summed E-state index contributed by atoms with van der Waals surface area (Å²) in [4.78, 5) is 11.9. The molecule has 0 aliphatic heterocycles. The van der Waals surface area contributed by atoms with E-state index >= 15 is 0 Å². The van der Waals surface area contributed by atoms with Crippen molar-refractivity contribution in [2.24, 2.45) is 0 Å². The summed E-state index contributed by atoms with van der Waals surface area (Å²) in [5, 5.41) is 2.85. The van der Waals surface area contributed by atoms with Crippen LogP contribution >= 0.6 is 15.9 Å². The molecule has 0 aliphatic carbocycles. The van der Waals surface area contributed by atoms with Crippen molar-refractivity contribution >= 4 is 27.5 Å². The van der Waals surface area contributed by atoms with Crippen LogP contribution in [-0.2, 0) is 6.54 Å². The topological polar surface area (TPSA) is 55.1 Å². The van der Waals surface area contributed by atoms with Crippen molar-refractivity contribution < 1.29 is 4.79 Å². The molecule has 0 fully saturated rings. The van der Waals surface area contributed by atoms with E-state index in [-0.39, 0.29) is 5.91 Å². The van der Waals surface area contributed by atoms with Gasteiger partial charge in [-0.1, -0.05) is 46.3 Å². The Kier molecular flexibility index (Phi) is 3.99. The van der Waals surface area contributed by atoms with Crippen molar-refractivity contribution in [3.63, 3.8) is 0 Å². The van der Waals surface area contributed by atoms with E-state index in [0.29, 0.717) is 17.8 Å². The minimum atomic E-state index is -0.133. The minimum Gasteiger partial charge on any atom is -0.399 e. The van der Waals surface area contributed by atoms with E-state index in [1.165, 1.54) is 0 Å². The first-order valence-corrected chi connectivity index (χ1v) is 6.32. The van der Waals surface area contributed by atoms with Gasteiger partial charge in [0.05, 0.1) is 0 Å². The molecule has 2 aromatic carbocycles. The lowest BCUT2D eigenvalue weighted by Crippen LogP contribution is -2.22. The quantitative estimate of drug-likeness (QED) is 0.857. The summed E-state index contributed by atoms with van der Waals surface area (Å²) < 4.78 is 0.798. The van der Waals surface area contributed by atoms with E-state index in [2.05, 4.69) is 21.2 Å². The fraction of sp³-hybridized carbons (Fsp3) is 0.0714. The second-order valence-corrected chi connectivity index (χ2v) is 4.86. The van der Waals surface area contributed by atoms with Crippen LogP contribution in [-0.4, -0.2) is 5.91 Å². The molecule has 0 aliphatic rings. The number of rotatable bonds is 3. The number of nitrogens with two attached hydrogens (primary N) is 1. The molecule has 92 valence electrons. The number of nitrogens with one attached hydrogen (secondary N) is 1. The molecule has 0 atom stereocenters. The zero-order valence-corrected chi connectivity index (χ0v) is 11.3. The van der Waals surface area contributed by atoms with Crippen molar-refractivity contribution in [1.82, 2.24) is 5.32 Å². The SMILES string of the molecule is Nc1cc(Br)cc(C(=O)NCc2ccccc2)c1. The average molecular weight is 305 g/mol. The smallest absolute Gasteiger partial charge is 0.251 e. The Labute approximate surface area is 114 Å². The lowest BCUT2D eigenvalue weighted by atomic mass is 10.2. The summed E-state index contributed by atoms with van der Waals surface area (Å²) in [6.45, 7) is 0.506. The van der Waals surface area contributed by atoms with Crippen molar-refractivity contribution in [3.8, 4) is 0 Å². The Morgan fingerprint density at radius 3 is 2.56 bits per heavy atom. The molecule has 3 N–H and O–H groups in total. The van der Waals surface area contributed by atoms with E-state index < -0.39 is 0 Å². The van der Waals surface area contributed by atoms with Gasteiger partial charge in [-0.3, -0.25) is 4.79 Å². The number of carbonyl (C=O) groups is 1. The van der Waals surface area contributed by atoms with Gasteiger partial charge in [-0.15, -0.1) is 0 Å². The van der Waals surface area contributed by atoms with E-state index in [0.717, 1.165) is 10.0 Å². The molecule has 18 heavy (non-hydrogen) atoms. The third-order valence-electron chi connectivity index (χ3n) is 2.48. The highest BCUT2D eigenvalue weighted by Crippen LogP contribution is 2.17. The Morgan fingerprint density at radius 2 is 1.89 bits per heavy atom. The molecule has 3 nitrogen and oxygen atoms in total. The molecule has 1 amide bonds. The summed E-state index contributed by atoms with van der Waals surface area (Å²) >= 11 is 3.32. The normalized spacial score (nSPS) is 10.1. The molecule has 4 heteroatoms. The van der Waals surface area contributed by atoms with E-state index in [9.17, 15) is 4.79 Å². The predicted octanol–water partition coefficient (Wildman–Crippen LogP) is 2.96.